The van der Waals surface area contributed by atoms with Crippen molar-refractivity contribution in [1.29, 1.82) is 5.26 Å². The zero-order chi connectivity index (χ0) is 23.1. The Kier molecular flexibility index (Phi) is 5.90. The predicted molar refractivity (Wildman–Crippen MR) is 103 cm³/mol. The molecule has 1 saturated heterocycles. The Balaban J connectivity index is 1.92. The van der Waals surface area contributed by atoms with Gasteiger partial charge in [-0.1, -0.05) is 6.07 Å². The zero-order valence-corrected chi connectivity index (χ0v) is 17.7. The molecule has 0 saturated carbocycles. The molecule has 1 aliphatic rings. The van der Waals surface area contributed by atoms with Crippen molar-refractivity contribution in [3.05, 3.63) is 41.3 Å². The number of nitriles is 1. The lowest BCUT2D eigenvalue weighted by atomic mass is 9.88. The topological polar surface area (TPSA) is 135 Å². The van der Waals surface area contributed by atoms with Gasteiger partial charge in [-0.05, 0) is 44.9 Å². The van der Waals surface area contributed by atoms with Crippen LogP contribution in [0.1, 0.15) is 49.9 Å². The molecule has 0 amide bonds. The summed E-state index contributed by atoms with van der Waals surface area (Å²) in [5.41, 5.74) is 4.23. The highest BCUT2D eigenvalue weighted by Gasteiger charge is 2.47. The number of hydrogen-bond acceptors (Lipinski definition) is 7. The number of nitrogens with zero attached hydrogens (tertiary/aromatic N) is 3. The van der Waals surface area contributed by atoms with E-state index in [0.29, 0.717) is 11.4 Å². The summed E-state index contributed by atoms with van der Waals surface area (Å²) in [6, 6.07) is 6.51. The molecule has 0 aliphatic carbocycles. The quantitative estimate of drug-likeness (QED) is 0.705. The molecule has 2 aromatic rings. The van der Waals surface area contributed by atoms with E-state index in [0.717, 1.165) is 18.2 Å². The molecule has 0 bridgehead atoms. The predicted octanol–water partition coefficient (Wildman–Crippen LogP) is 2.65. The average Bonchev–Trinajstić information content (AvgIpc) is 3.23. The van der Waals surface area contributed by atoms with Crippen LogP contribution in [0.25, 0.3) is 0 Å². The molecule has 1 fully saturated rings. The molecule has 3 rings (SSSR count). The van der Waals surface area contributed by atoms with Crippen molar-refractivity contribution >= 4 is 9.84 Å². The molecule has 0 aromatic carbocycles. The molecule has 2 aromatic heterocycles. The fraction of sp³-hybridized carbons (Fsp3) is 0.526. The second-order valence-electron chi connectivity index (χ2n) is 7.98. The van der Waals surface area contributed by atoms with Crippen LogP contribution in [-0.2, 0) is 26.2 Å². The normalized spacial score (nSPS) is 24.4. The van der Waals surface area contributed by atoms with E-state index in [2.05, 4.69) is 21.3 Å². The minimum Gasteiger partial charge on any atom is -0.372 e. The monoisotopic (exact) mass is 457 g/mol. The second kappa shape index (κ2) is 7.89. The molecule has 31 heavy (non-hydrogen) atoms. The van der Waals surface area contributed by atoms with Gasteiger partial charge in [-0.15, -0.1) is 0 Å². The van der Waals surface area contributed by atoms with E-state index in [1.807, 2.05) is 0 Å². The van der Waals surface area contributed by atoms with Crippen molar-refractivity contribution in [2.75, 3.05) is 13.2 Å². The lowest BCUT2D eigenvalue weighted by Gasteiger charge is -2.37. The summed E-state index contributed by atoms with van der Waals surface area (Å²) in [4.78, 5) is 3.37. The van der Waals surface area contributed by atoms with Crippen LogP contribution in [0.3, 0.4) is 0 Å². The smallest absolute Gasteiger partial charge is 0.372 e. The molecular weight excluding hydrogens is 435 g/mol. The molecule has 3 unspecified atom stereocenters. The summed E-state index contributed by atoms with van der Waals surface area (Å²) in [5.74, 6) is 0. The van der Waals surface area contributed by atoms with E-state index in [4.69, 9.17) is 10.5 Å². The summed E-state index contributed by atoms with van der Waals surface area (Å²) < 4.78 is 69.8. The van der Waals surface area contributed by atoms with Gasteiger partial charge < -0.3 is 10.5 Å². The summed E-state index contributed by atoms with van der Waals surface area (Å²) in [6.07, 6.45) is -5.40. The van der Waals surface area contributed by atoms with Crippen molar-refractivity contribution in [1.82, 2.24) is 15.2 Å². The number of alkyl halides is 3. The zero-order valence-electron chi connectivity index (χ0n) is 16.9. The average molecular weight is 457 g/mol. The Labute approximate surface area is 177 Å². The number of rotatable bonds is 5. The van der Waals surface area contributed by atoms with E-state index in [1.54, 1.807) is 13.0 Å². The number of halogens is 3. The number of aromatic nitrogens is 3. The first-order valence-corrected chi connectivity index (χ1v) is 10.9. The van der Waals surface area contributed by atoms with Gasteiger partial charge in [0.2, 0.25) is 9.84 Å². The number of ether oxygens (including phenoxy) is 1. The summed E-state index contributed by atoms with van der Waals surface area (Å²) in [7, 11) is -4.21. The van der Waals surface area contributed by atoms with Crippen molar-refractivity contribution in [3.8, 4) is 6.07 Å². The number of pyridine rings is 1. The fourth-order valence-corrected chi connectivity index (χ4v) is 5.08. The minimum absolute atomic E-state index is 0.0270. The molecule has 12 heteroatoms. The summed E-state index contributed by atoms with van der Waals surface area (Å²) >= 11 is 0. The maximum Gasteiger partial charge on any atom is 0.433 e. The minimum atomic E-state index is -4.76. The van der Waals surface area contributed by atoms with Gasteiger partial charge in [-0.3, -0.25) is 5.10 Å². The first-order chi connectivity index (χ1) is 14.4. The second-order valence-corrected chi connectivity index (χ2v) is 10.4. The van der Waals surface area contributed by atoms with E-state index in [1.165, 1.54) is 6.92 Å². The number of hydrogen-bond donors (Lipinski definition) is 2. The van der Waals surface area contributed by atoms with Crippen LogP contribution in [0.4, 0.5) is 13.2 Å². The van der Waals surface area contributed by atoms with Crippen LogP contribution < -0.4 is 5.73 Å². The Morgan fingerprint density at radius 1 is 1.39 bits per heavy atom. The molecule has 3 heterocycles. The maximum absolute atomic E-state index is 13.3. The molecule has 1 aliphatic heterocycles. The van der Waals surface area contributed by atoms with Crippen LogP contribution in [0.15, 0.2) is 29.3 Å². The third kappa shape index (κ3) is 4.17. The molecule has 168 valence electrons. The lowest BCUT2D eigenvalue weighted by molar-refractivity contribution is -0.141. The third-order valence-corrected chi connectivity index (χ3v) is 8.12. The van der Waals surface area contributed by atoms with Crippen molar-refractivity contribution in [2.45, 2.75) is 54.2 Å². The number of nitrogens with two attached hydrogens (primary N) is 1. The van der Waals surface area contributed by atoms with E-state index >= 15 is 0 Å². The Bertz CT molecular complexity index is 1110. The number of nitrogens with one attached hydrogen (secondary N) is 1. The molecule has 0 spiro atoms. The Hall–Kier alpha value is -2.49. The maximum atomic E-state index is 13.3. The summed E-state index contributed by atoms with van der Waals surface area (Å²) in [6.45, 7) is 3.20. The van der Waals surface area contributed by atoms with Gasteiger partial charge in [-0.25, -0.2) is 13.4 Å². The highest BCUT2D eigenvalue weighted by molar-refractivity contribution is 7.92. The van der Waals surface area contributed by atoms with Gasteiger partial charge in [0.15, 0.2) is 5.03 Å². The first-order valence-electron chi connectivity index (χ1n) is 9.44. The highest BCUT2D eigenvalue weighted by Crippen LogP contribution is 2.42. The van der Waals surface area contributed by atoms with Crippen molar-refractivity contribution in [2.24, 2.45) is 5.73 Å². The molecule has 3 N–H and O–H groups in total. The van der Waals surface area contributed by atoms with E-state index in [9.17, 15) is 26.9 Å². The molecule has 3 atom stereocenters. The van der Waals surface area contributed by atoms with Gasteiger partial charge >= 0.3 is 6.18 Å². The number of aromatic amines is 1. The van der Waals surface area contributed by atoms with Crippen LogP contribution in [-0.4, -0.2) is 41.5 Å². The van der Waals surface area contributed by atoms with Crippen molar-refractivity contribution in [3.63, 3.8) is 0 Å². The van der Waals surface area contributed by atoms with Gasteiger partial charge in [-0.2, -0.15) is 23.5 Å². The molecule has 0 radical (unpaired) electrons. The standard InChI is InChI=1S/C19H22F3N5O3S/c1-17(10-23,11-24)15-8-12(26-27-15)13-9-18(2,6-7-30-13)31(28,29)16-5-3-4-14(25-16)19(20,21)22/h3-5,8,13H,6-7,9-10,23H2,1-2H3,(H,26,27). The van der Waals surface area contributed by atoms with Gasteiger partial charge in [0.05, 0.1) is 22.2 Å². The molecular formula is C19H22F3N5O3S. The fourth-order valence-electron chi connectivity index (χ4n) is 3.38. The number of H-pyrrole nitrogens is 1. The van der Waals surface area contributed by atoms with Crippen molar-refractivity contribution < 1.29 is 26.3 Å². The Morgan fingerprint density at radius 3 is 2.71 bits per heavy atom. The van der Waals surface area contributed by atoms with Crippen LogP contribution in [0.5, 0.6) is 0 Å². The largest absolute Gasteiger partial charge is 0.433 e. The van der Waals surface area contributed by atoms with Gasteiger partial charge in [0.25, 0.3) is 0 Å². The highest BCUT2D eigenvalue weighted by atomic mass is 32.2. The third-order valence-electron chi connectivity index (χ3n) is 5.67. The van der Waals surface area contributed by atoms with Crippen LogP contribution >= 0.6 is 0 Å². The van der Waals surface area contributed by atoms with Gasteiger partial charge in [0.1, 0.15) is 17.2 Å². The first kappa shape index (κ1) is 23.2. The Morgan fingerprint density at radius 2 is 2.10 bits per heavy atom. The summed E-state index contributed by atoms with van der Waals surface area (Å²) in [5, 5.41) is 15.6. The van der Waals surface area contributed by atoms with E-state index in [-0.39, 0.29) is 26.0 Å². The lowest BCUT2D eigenvalue weighted by Crippen LogP contribution is -2.42. The molecule has 8 nitrogen and oxygen atoms in total. The SMILES string of the molecule is CC(C#N)(CN)c1cc(C2CC(C)(S(=O)(=O)c3cccc(C(F)(F)F)n3)CCO2)[nH]n1. The number of sulfone groups is 1. The van der Waals surface area contributed by atoms with E-state index < -0.39 is 43.0 Å². The van der Waals surface area contributed by atoms with Gasteiger partial charge in [0, 0.05) is 13.2 Å². The van der Waals surface area contributed by atoms with Crippen LogP contribution in [0, 0.1) is 11.3 Å². The van der Waals surface area contributed by atoms with Crippen LogP contribution in [0.2, 0.25) is 0 Å².